The fraction of sp³-hybridized carbons (Fsp3) is 0.667. The molecule has 5 nitrogen and oxygen atoms in total. The maximum atomic E-state index is 11.5. The zero-order chi connectivity index (χ0) is 13.2. The van der Waals surface area contributed by atoms with Crippen LogP contribution in [-0.2, 0) is 16.6 Å². The summed E-state index contributed by atoms with van der Waals surface area (Å²) in [4.78, 5) is 0. The fourth-order valence-corrected chi connectivity index (χ4v) is 2.78. The van der Waals surface area contributed by atoms with Gasteiger partial charge in [0.25, 0.3) is 10.0 Å². The molecule has 0 spiro atoms. The third-order valence-electron chi connectivity index (χ3n) is 3.29. The Morgan fingerprint density at radius 2 is 2.22 bits per heavy atom. The Bertz CT molecular complexity index is 495. The van der Waals surface area contributed by atoms with Crippen molar-refractivity contribution in [2.45, 2.75) is 43.9 Å². The SMILES string of the molecule is CCCC1CC1NCc1ccc(S(=O)(=O)NC)o1. The molecule has 1 aliphatic rings. The molecule has 1 heterocycles. The van der Waals surface area contributed by atoms with Crippen molar-refractivity contribution >= 4 is 10.0 Å². The Balaban J connectivity index is 1.85. The van der Waals surface area contributed by atoms with Gasteiger partial charge in [0, 0.05) is 6.04 Å². The van der Waals surface area contributed by atoms with Gasteiger partial charge in [0.1, 0.15) is 5.76 Å². The lowest BCUT2D eigenvalue weighted by Gasteiger charge is -2.01. The van der Waals surface area contributed by atoms with E-state index in [1.807, 2.05) is 0 Å². The largest absolute Gasteiger partial charge is 0.447 e. The van der Waals surface area contributed by atoms with Gasteiger partial charge < -0.3 is 9.73 Å². The highest BCUT2D eigenvalue weighted by molar-refractivity contribution is 7.89. The molecule has 0 aliphatic heterocycles. The summed E-state index contributed by atoms with van der Waals surface area (Å²) in [5.74, 6) is 1.44. The van der Waals surface area contributed by atoms with Gasteiger partial charge in [-0.2, -0.15) is 0 Å². The zero-order valence-electron chi connectivity index (χ0n) is 10.8. The maximum absolute atomic E-state index is 11.5. The van der Waals surface area contributed by atoms with Gasteiger partial charge in [0.05, 0.1) is 6.54 Å². The van der Waals surface area contributed by atoms with Crippen LogP contribution in [-0.4, -0.2) is 21.5 Å². The maximum Gasteiger partial charge on any atom is 0.273 e. The summed E-state index contributed by atoms with van der Waals surface area (Å²) >= 11 is 0. The monoisotopic (exact) mass is 272 g/mol. The minimum Gasteiger partial charge on any atom is -0.447 e. The number of hydrogen-bond acceptors (Lipinski definition) is 4. The van der Waals surface area contributed by atoms with Crippen LogP contribution >= 0.6 is 0 Å². The van der Waals surface area contributed by atoms with Crippen LogP contribution in [0.3, 0.4) is 0 Å². The van der Waals surface area contributed by atoms with Crippen LogP contribution in [0.4, 0.5) is 0 Å². The second kappa shape index (κ2) is 5.42. The molecule has 18 heavy (non-hydrogen) atoms. The second-order valence-electron chi connectivity index (χ2n) is 4.70. The third-order valence-corrected chi connectivity index (χ3v) is 4.58. The molecule has 0 amide bonds. The van der Waals surface area contributed by atoms with Crippen LogP contribution in [0.2, 0.25) is 0 Å². The molecular weight excluding hydrogens is 252 g/mol. The predicted octanol–water partition coefficient (Wildman–Crippen LogP) is 1.47. The first-order valence-corrected chi connectivity index (χ1v) is 7.80. The van der Waals surface area contributed by atoms with Crippen LogP contribution in [0.15, 0.2) is 21.6 Å². The van der Waals surface area contributed by atoms with Crippen molar-refractivity contribution in [3.8, 4) is 0 Å². The fourth-order valence-electron chi connectivity index (χ4n) is 2.12. The molecule has 0 bridgehead atoms. The number of nitrogens with one attached hydrogen (secondary N) is 2. The van der Waals surface area contributed by atoms with Crippen molar-refractivity contribution in [2.75, 3.05) is 7.05 Å². The van der Waals surface area contributed by atoms with E-state index in [1.165, 1.54) is 32.4 Å². The lowest BCUT2D eigenvalue weighted by Crippen LogP contribution is -2.18. The summed E-state index contributed by atoms with van der Waals surface area (Å²) in [6.45, 7) is 2.78. The van der Waals surface area contributed by atoms with Crippen molar-refractivity contribution in [3.05, 3.63) is 17.9 Å². The van der Waals surface area contributed by atoms with E-state index in [0.29, 0.717) is 18.3 Å². The predicted molar refractivity (Wildman–Crippen MR) is 68.6 cm³/mol. The molecule has 1 aromatic rings. The lowest BCUT2D eigenvalue weighted by molar-refractivity contribution is 0.398. The Kier molecular flexibility index (Phi) is 4.09. The van der Waals surface area contributed by atoms with Gasteiger partial charge in [0.15, 0.2) is 0 Å². The summed E-state index contributed by atoms with van der Waals surface area (Å²) in [6, 6.07) is 3.76. The van der Waals surface area contributed by atoms with Gasteiger partial charge in [-0.1, -0.05) is 13.3 Å². The molecule has 2 N–H and O–H groups in total. The normalized spacial score (nSPS) is 23.2. The Hall–Kier alpha value is -0.850. The van der Waals surface area contributed by atoms with Gasteiger partial charge in [-0.15, -0.1) is 0 Å². The van der Waals surface area contributed by atoms with Gasteiger partial charge >= 0.3 is 0 Å². The molecule has 1 saturated carbocycles. The topological polar surface area (TPSA) is 71.3 Å². The van der Waals surface area contributed by atoms with Crippen LogP contribution in [0.25, 0.3) is 0 Å². The number of furan rings is 1. The van der Waals surface area contributed by atoms with E-state index in [9.17, 15) is 8.42 Å². The van der Waals surface area contributed by atoms with Crippen LogP contribution in [0.1, 0.15) is 31.9 Å². The lowest BCUT2D eigenvalue weighted by atomic mass is 10.2. The summed E-state index contributed by atoms with van der Waals surface area (Å²) in [6.07, 6.45) is 3.69. The van der Waals surface area contributed by atoms with E-state index in [0.717, 1.165) is 5.92 Å². The van der Waals surface area contributed by atoms with Gasteiger partial charge in [-0.3, -0.25) is 0 Å². The summed E-state index contributed by atoms with van der Waals surface area (Å²) < 4.78 is 30.5. The van der Waals surface area contributed by atoms with Crippen molar-refractivity contribution in [1.82, 2.24) is 10.0 Å². The van der Waals surface area contributed by atoms with Crippen molar-refractivity contribution in [2.24, 2.45) is 5.92 Å². The zero-order valence-corrected chi connectivity index (χ0v) is 11.6. The first-order valence-electron chi connectivity index (χ1n) is 6.32. The first kappa shape index (κ1) is 13.6. The number of sulfonamides is 1. The third kappa shape index (κ3) is 3.13. The summed E-state index contributed by atoms with van der Waals surface area (Å²) in [7, 11) is -2.09. The number of hydrogen-bond donors (Lipinski definition) is 2. The molecule has 1 fully saturated rings. The first-order chi connectivity index (χ1) is 8.56. The minimum absolute atomic E-state index is 0.0253. The Morgan fingerprint density at radius 1 is 1.44 bits per heavy atom. The molecule has 2 unspecified atom stereocenters. The van der Waals surface area contributed by atoms with E-state index in [2.05, 4.69) is 17.0 Å². The van der Waals surface area contributed by atoms with Gasteiger partial charge in [-0.25, -0.2) is 13.1 Å². The molecule has 1 aliphatic carbocycles. The highest BCUT2D eigenvalue weighted by Crippen LogP contribution is 2.34. The molecule has 0 radical (unpaired) electrons. The smallest absolute Gasteiger partial charge is 0.273 e. The molecule has 1 aromatic heterocycles. The molecule has 2 atom stereocenters. The molecule has 6 heteroatoms. The number of rotatable bonds is 7. The Labute approximate surface area is 108 Å². The average Bonchev–Trinajstić information content (AvgIpc) is 2.91. The van der Waals surface area contributed by atoms with Gasteiger partial charge in [0.2, 0.25) is 5.09 Å². The molecule has 0 saturated heterocycles. The molecule has 0 aromatic carbocycles. The van der Waals surface area contributed by atoms with E-state index < -0.39 is 10.0 Å². The highest BCUT2D eigenvalue weighted by atomic mass is 32.2. The summed E-state index contributed by atoms with van der Waals surface area (Å²) in [5, 5.41) is 3.36. The summed E-state index contributed by atoms with van der Waals surface area (Å²) in [5.41, 5.74) is 0. The average molecular weight is 272 g/mol. The van der Waals surface area contributed by atoms with E-state index >= 15 is 0 Å². The van der Waals surface area contributed by atoms with Crippen LogP contribution < -0.4 is 10.0 Å². The molecular formula is C12H20N2O3S. The molecule has 102 valence electrons. The van der Waals surface area contributed by atoms with E-state index in [4.69, 9.17) is 4.42 Å². The second-order valence-corrected chi connectivity index (χ2v) is 6.52. The van der Waals surface area contributed by atoms with Crippen molar-refractivity contribution < 1.29 is 12.8 Å². The van der Waals surface area contributed by atoms with Crippen molar-refractivity contribution in [1.29, 1.82) is 0 Å². The molecule has 2 rings (SSSR count). The Morgan fingerprint density at radius 3 is 2.89 bits per heavy atom. The quantitative estimate of drug-likeness (QED) is 0.788. The van der Waals surface area contributed by atoms with Crippen molar-refractivity contribution in [3.63, 3.8) is 0 Å². The van der Waals surface area contributed by atoms with Gasteiger partial charge in [-0.05, 0) is 37.9 Å². The van der Waals surface area contributed by atoms with Crippen LogP contribution in [0.5, 0.6) is 0 Å². The minimum atomic E-state index is -3.46. The highest BCUT2D eigenvalue weighted by Gasteiger charge is 2.35. The van der Waals surface area contributed by atoms with E-state index in [-0.39, 0.29) is 5.09 Å². The standard InChI is InChI=1S/C12H20N2O3S/c1-3-4-9-7-11(9)14-8-10-5-6-12(17-10)18(15,16)13-2/h5-6,9,11,13-14H,3-4,7-8H2,1-2H3. The van der Waals surface area contributed by atoms with Crippen LogP contribution in [0, 0.1) is 5.92 Å². The van der Waals surface area contributed by atoms with E-state index in [1.54, 1.807) is 6.07 Å².